The van der Waals surface area contributed by atoms with Gasteiger partial charge in [-0.25, -0.2) is 13.6 Å². The van der Waals surface area contributed by atoms with E-state index in [-0.39, 0.29) is 5.76 Å². The van der Waals surface area contributed by atoms with E-state index in [0.29, 0.717) is 11.1 Å². The van der Waals surface area contributed by atoms with Crippen LogP contribution < -0.4 is 5.32 Å². The summed E-state index contributed by atoms with van der Waals surface area (Å²) < 4.78 is 38.2. The highest BCUT2D eigenvalue weighted by atomic mass is 79.9. The summed E-state index contributed by atoms with van der Waals surface area (Å²) in [5.74, 6) is -3.62. The smallest absolute Gasteiger partial charge is 0.375 e. The first-order chi connectivity index (χ1) is 12.4. The van der Waals surface area contributed by atoms with Gasteiger partial charge in [0, 0.05) is 15.4 Å². The lowest BCUT2D eigenvalue weighted by atomic mass is 10.1. The van der Waals surface area contributed by atoms with E-state index >= 15 is 0 Å². The maximum Gasteiger partial charge on any atom is 0.375 e. The molecule has 1 aromatic heterocycles. The minimum absolute atomic E-state index is 0.0389. The Morgan fingerprint density at radius 1 is 1.19 bits per heavy atom. The number of ether oxygens (including phenoxy) is 1. The maximum absolute atomic E-state index is 13.5. The molecule has 2 aromatic carbocycles. The molecule has 0 aliphatic carbocycles. The van der Waals surface area contributed by atoms with Crippen molar-refractivity contribution < 1.29 is 27.5 Å². The molecule has 0 bridgehead atoms. The number of rotatable bonds is 4. The van der Waals surface area contributed by atoms with Gasteiger partial charge in [-0.2, -0.15) is 0 Å². The number of anilines is 1. The van der Waals surface area contributed by atoms with E-state index in [0.717, 1.165) is 22.0 Å². The van der Waals surface area contributed by atoms with Crippen molar-refractivity contribution in [1.82, 2.24) is 0 Å². The van der Waals surface area contributed by atoms with E-state index < -0.39 is 35.8 Å². The quantitative estimate of drug-likeness (QED) is 0.623. The van der Waals surface area contributed by atoms with Crippen LogP contribution in [0.1, 0.15) is 16.1 Å². The Balaban J connectivity index is 1.69. The van der Waals surface area contributed by atoms with E-state index in [1.165, 1.54) is 6.07 Å². The number of carbonyl (C=O) groups is 2. The van der Waals surface area contributed by atoms with Crippen LogP contribution in [0.2, 0.25) is 0 Å². The molecule has 26 heavy (non-hydrogen) atoms. The van der Waals surface area contributed by atoms with E-state index in [9.17, 15) is 18.4 Å². The van der Waals surface area contributed by atoms with Crippen LogP contribution in [-0.2, 0) is 9.53 Å². The summed E-state index contributed by atoms with van der Waals surface area (Å²) >= 11 is 3.33. The SMILES string of the molecule is Cc1c(C(=O)OCC(=O)Nc2c(F)cccc2F)oc2ccc(Br)cc12. The molecule has 0 atom stereocenters. The number of aryl methyl sites for hydroxylation is 1. The number of hydrogen-bond acceptors (Lipinski definition) is 4. The summed E-state index contributed by atoms with van der Waals surface area (Å²) in [4.78, 5) is 24.0. The summed E-state index contributed by atoms with van der Waals surface area (Å²) in [6, 6.07) is 8.41. The number of fused-ring (bicyclic) bond motifs is 1. The molecule has 0 saturated heterocycles. The molecule has 1 N–H and O–H groups in total. The van der Waals surface area contributed by atoms with Gasteiger partial charge in [-0.3, -0.25) is 4.79 Å². The fourth-order valence-electron chi connectivity index (χ4n) is 2.38. The number of furan rings is 1. The summed E-state index contributed by atoms with van der Waals surface area (Å²) in [6.07, 6.45) is 0. The van der Waals surface area contributed by atoms with Gasteiger partial charge in [0.25, 0.3) is 5.91 Å². The first kappa shape index (κ1) is 18.1. The van der Waals surface area contributed by atoms with Crippen molar-refractivity contribution in [1.29, 1.82) is 0 Å². The second-order valence-electron chi connectivity index (χ2n) is 5.42. The Morgan fingerprint density at radius 3 is 2.58 bits per heavy atom. The number of carbonyl (C=O) groups excluding carboxylic acids is 2. The van der Waals surface area contributed by atoms with Crippen LogP contribution in [-0.4, -0.2) is 18.5 Å². The van der Waals surface area contributed by atoms with Gasteiger partial charge in [-0.05, 0) is 37.3 Å². The van der Waals surface area contributed by atoms with E-state index in [2.05, 4.69) is 15.9 Å². The predicted octanol–water partition coefficient (Wildman–Crippen LogP) is 4.58. The lowest BCUT2D eigenvalue weighted by molar-refractivity contribution is -0.119. The molecule has 3 aromatic rings. The number of nitrogens with one attached hydrogen (secondary N) is 1. The van der Waals surface area contributed by atoms with Crippen LogP contribution in [0.15, 0.2) is 45.3 Å². The third kappa shape index (κ3) is 3.60. The zero-order valence-corrected chi connectivity index (χ0v) is 15.0. The summed E-state index contributed by atoms with van der Waals surface area (Å²) in [7, 11) is 0. The molecule has 134 valence electrons. The molecule has 0 spiro atoms. The zero-order valence-electron chi connectivity index (χ0n) is 13.4. The zero-order chi connectivity index (χ0) is 18.8. The molecule has 0 fully saturated rings. The summed E-state index contributed by atoms with van der Waals surface area (Å²) in [6.45, 7) is 0.969. The number of halogens is 3. The average Bonchev–Trinajstić information content (AvgIpc) is 2.93. The number of para-hydroxylation sites is 1. The second-order valence-corrected chi connectivity index (χ2v) is 6.33. The highest BCUT2D eigenvalue weighted by Gasteiger charge is 2.21. The standard InChI is InChI=1S/C18H12BrF2NO4/c1-9-11-7-10(19)5-6-14(11)26-17(9)18(24)25-8-15(23)22-16-12(20)3-2-4-13(16)21/h2-7H,8H2,1H3,(H,22,23). The maximum atomic E-state index is 13.5. The molecule has 0 aliphatic rings. The minimum Gasteiger partial charge on any atom is -0.450 e. The van der Waals surface area contributed by atoms with Crippen molar-refractivity contribution in [3.63, 3.8) is 0 Å². The third-order valence-electron chi connectivity index (χ3n) is 3.65. The molecule has 1 amide bonds. The molecule has 0 unspecified atom stereocenters. The van der Waals surface area contributed by atoms with Crippen molar-refractivity contribution in [2.75, 3.05) is 11.9 Å². The molecule has 0 radical (unpaired) electrons. The van der Waals surface area contributed by atoms with Crippen molar-refractivity contribution in [3.8, 4) is 0 Å². The van der Waals surface area contributed by atoms with E-state index in [4.69, 9.17) is 9.15 Å². The van der Waals surface area contributed by atoms with Crippen molar-refractivity contribution >= 4 is 44.5 Å². The number of benzene rings is 2. The Morgan fingerprint density at radius 2 is 1.88 bits per heavy atom. The number of amides is 1. The Hall–Kier alpha value is -2.74. The molecule has 8 heteroatoms. The van der Waals surface area contributed by atoms with Gasteiger partial charge in [0.2, 0.25) is 5.76 Å². The molecular weight excluding hydrogens is 412 g/mol. The van der Waals surface area contributed by atoms with Gasteiger partial charge in [0.1, 0.15) is 22.9 Å². The third-order valence-corrected chi connectivity index (χ3v) is 4.14. The Bertz CT molecular complexity index is 996. The van der Waals surface area contributed by atoms with Gasteiger partial charge in [0.15, 0.2) is 6.61 Å². The highest BCUT2D eigenvalue weighted by Crippen LogP contribution is 2.28. The molecule has 0 saturated carbocycles. The van der Waals surface area contributed by atoms with Crippen molar-refractivity contribution in [2.24, 2.45) is 0 Å². The molecule has 0 aliphatic heterocycles. The fourth-order valence-corrected chi connectivity index (χ4v) is 2.74. The monoisotopic (exact) mass is 423 g/mol. The van der Waals surface area contributed by atoms with Gasteiger partial charge in [-0.1, -0.05) is 22.0 Å². The van der Waals surface area contributed by atoms with Gasteiger partial charge >= 0.3 is 5.97 Å². The minimum atomic E-state index is -0.927. The van der Waals surface area contributed by atoms with Crippen molar-refractivity contribution in [2.45, 2.75) is 6.92 Å². The molecule has 1 heterocycles. The summed E-state index contributed by atoms with van der Waals surface area (Å²) in [5, 5.41) is 2.76. The number of hydrogen-bond donors (Lipinski definition) is 1. The average molecular weight is 424 g/mol. The van der Waals surface area contributed by atoms with Gasteiger partial charge < -0.3 is 14.5 Å². The van der Waals surface area contributed by atoms with Crippen LogP contribution in [0, 0.1) is 18.6 Å². The van der Waals surface area contributed by atoms with Crippen LogP contribution >= 0.6 is 15.9 Å². The molecular formula is C18H12BrF2NO4. The predicted molar refractivity (Wildman–Crippen MR) is 93.9 cm³/mol. The normalized spacial score (nSPS) is 10.8. The van der Waals surface area contributed by atoms with Crippen molar-refractivity contribution in [3.05, 3.63) is 63.8 Å². The Labute approximate surface area is 155 Å². The highest BCUT2D eigenvalue weighted by molar-refractivity contribution is 9.10. The lowest BCUT2D eigenvalue weighted by Gasteiger charge is -2.07. The topological polar surface area (TPSA) is 68.5 Å². The van der Waals surface area contributed by atoms with Gasteiger partial charge in [-0.15, -0.1) is 0 Å². The summed E-state index contributed by atoms with van der Waals surface area (Å²) in [5.41, 5.74) is 0.459. The van der Waals surface area contributed by atoms with Crippen LogP contribution in [0.5, 0.6) is 0 Å². The first-order valence-corrected chi connectivity index (χ1v) is 8.25. The van der Waals surface area contributed by atoms with Gasteiger partial charge in [0.05, 0.1) is 0 Å². The van der Waals surface area contributed by atoms with Crippen LogP contribution in [0.25, 0.3) is 11.0 Å². The second kappa shape index (κ2) is 7.25. The van der Waals surface area contributed by atoms with E-state index in [1.807, 2.05) is 5.32 Å². The number of esters is 1. The largest absolute Gasteiger partial charge is 0.450 e. The molecule has 5 nitrogen and oxygen atoms in total. The molecule has 3 rings (SSSR count). The Kier molecular flexibility index (Phi) is 5.03. The van der Waals surface area contributed by atoms with Crippen LogP contribution in [0.3, 0.4) is 0 Å². The lowest BCUT2D eigenvalue weighted by Crippen LogP contribution is -2.22. The van der Waals surface area contributed by atoms with E-state index in [1.54, 1.807) is 25.1 Å². The van der Waals surface area contributed by atoms with Crippen LogP contribution in [0.4, 0.5) is 14.5 Å². The fraction of sp³-hybridized carbons (Fsp3) is 0.111. The first-order valence-electron chi connectivity index (χ1n) is 7.46.